The maximum atomic E-state index is 13.3. The SMILES string of the molecule is O=C(NC(CCO)C1CCOCC1)c1cc(F)c(O)c(F)c1. The second-order valence-corrected chi connectivity index (χ2v) is 5.33. The molecule has 0 aliphatic carbocycles. The van der Waals surface area contributed by atoms with Crippen LogP contribution in [0.1, 0.15) is 29.6 Å². The Hall–Kier alpha value is -1.73. The van der Waals surface area contributed by atoms with Gasteiger partial charge >= 0.3 is 0 Å². The molecule has 1 fully saturated rings. The minimum Gasteiger partial charge on any atom is -0.503 e. The summed E-state index contributed by atoms with van der Waals surface area (Å²) in [5.41, 5.74) is -0.206. The van der Waals surface area contributed by atoms with Gasteiger partial charge in [0.1, 0.15) is 0 Å². The van der Waals surface area contributed by atoms with E-state index in [-0.39, 0.29) is 24.1 Å². The van der Waals surface area contributed by atoms with E-state index in [0.29, 0.717) is 19.6 Å². The van der Waals surface area contributed by atoms with Crippen LogP contribution < -0.4 is 5.32 Å². The number of carbonyl (C=O) groups excluding carboxylic acids is 1. The third-order valence-corrected chi connectivity index (χ3v) is 3.87. The van der Waals surface area contributed by atoms with Crippen LogP contribution >= 0.6 is 0 Å². The summed E-state index contributed by atoms with van der Waals surface area (Å²) >= 11 is 0. The van der Waals surface area contributed by atoms with Gasteiger partial charge < -0.3 is 20.3 Å². The molecule has 1 aliphatic rings. The van der Waals surface area contributed by atoms with Gasteiger partial charge in [-0.05, 0) is 37.3 Å². The number of rotatable bonds is 5. The minimum absolute atomic E-state index is 0.0966. The van der Waals surface area contributed by atoms with Crippen molar-refractivity contribution in [3.05, 3.63) is 29.3 Å². The van der Waals surface area contributed by atoms with Crippen molar-refractivity contribution in [3.63, 3.8) is 0 Å². The molecule has 0 saturated carbocycles. The van der Waals surface area contributed by atoms with E-state index in [4.69, 9.17) is 14.9 Å². The zero-order valence-electron chi connectivity index (χ0n) is 12.0. The summed E-state index contributed by atoms with van der Waals surface area (Å²) in [6.07, 6.45) is 1.87. The first-order valence-electron chi connectivity index (χ1n) is 7.20. The largest absolute Gasteiger partial charge is 0.503 e. The maximum absolute atomic E-state index is 13.3. The second-order valence-electron chi connectivity index (χ2n) is 5.33. The van der Waals surface area contributed by atoms with E-state index in [1.165, 1.54) is 0 Å². The number of nitrogens with one attached hydrogen (secondary N) is 1. The summed E-state index contributed by atoms with van der Waals surface area (Å²) in [7, 11) is 0. The maximum Gasteiger partial charge on any atom is 0.251 e. The molecule has 1 aromatic rings. The van der Waals surface area contributed by atoms with E-state index in [2.05, 4.69) is 5.32 Å². The molecule has 1 aliphatic heterocycles. The standard InChI is InChI=1S/C15H19F2NO4/c16-11-7-10(8-12(17)14(11)20)15(21)18-13(1-4-19)9-2-5-22-6-3-9/h7-9,13,19-20H,1-6H2,(H,18,21). The number of hydrogen-bond donors (Lipinski definition) is 3. The van der Waals surface area contributed by atoms with Crippen molar-refractivity contribution in [2.45, 2.75) is 25.3 Å². The van der Waals surface area contributed by atoms with Crippen LogP contribution in [0.3, 0.4) is 0 Å². The highest BCUT2D eigenvalue weighted by Crippen LogP contribution is 2.23. The van der Waals surface area contributed by atoms with Crippen molar-refractivity contribution in [3.8, 4) is 5.75 Å². The molecule has 0 radical (unpaired) electrons. The normalized spacial score (nSPS) is 17.2. The zero-order valence-corrected chi connectivity index (χ0v) is 12.0. The van der Waals surface area contributed by atoms with Crippen molar-refractivity contribution in [2.24, 2.45) is 5.92 Å². The summed E-state index contributed by atoms with van der Waals surface area (Å²) in [4.78, 5) is 12.1. The Morgan fingerprint density at radius 3 is 2.45 bits per heavy atom. The molecule has 0 spiro atoms. The van der Waals surface area contributed by atoms with E-state index in [1.54, 1.807) is 0 Å². The van der Waals surface area contributed by atoms with Crippen LogP contribution in [0, 0.1) is 17.6 Å². The van der Waals surface area contributed by atoms with Gasteiger partial charge in [0.15, 0.2) is 17.4 Å². The summed E-state index contributed by atoms with van der Waals surface area (Å²) < 4.78 is 31.9. The fraction of sp³-hybridized carbons (Fsp3) is 0.533. The molecule has 1 atom stereocenters. The van der Waals surface area contributed by atoms with E-state index < -0.39 is 23.3 Å². The quantitative estimate of drug-likeness (QED) is 0.771. The van der Waals surface area contributed by atoms with E-state index >= 15 is 0 Å². The van der Waals surface area contributed by atoms with Crippen LogP contribution in [0.4, 0.5) is 8.78 Å². The van der Waals surface area contributed by atoms with Gasteiger partial charge in [-0.3, -0.25) is 4.79 Å². The van der Waals surface area contributed by atoms with Crippen molar-refractivity contribution in [1.29, 1.82) is 0 Å². The lowest BCUT2D eigenvalue weighted by Gasteiger charge is -2.30. The van der Waals surface area contributed by atoms with Gasteiger partial charge in [0.25, 0.3) is 5.91 Å². The number of phenolic OH excluding ortho intramolecular Hbond substituents is 1. The topological polar surface area (TPSA) is 78.8 Å². The van der Waals surface area contributed by atoms with Gasteiger partial charge in [-0.25, -0.2) is 8.78 Å². The predicted octanol–water partition coefficient (Wildman–Crippen LogP) is 1.58. The number of aromatic hydroxyl groups is 1. The monoisotopic (exact) mass is 315 g/mol. The van der Waals surface area contributed by atoms with Gasteiger partial charge in [0.2, 0.25) is 0 Å². The molecule has 7 heteroatoms. The molecule has 0 bridgehead atoms. The Kier molecular flexibility index (Phi) is 5.68. The number of amides is 1. The lowest BCUT2D eigenvalue weighted by Crippen LogP contribution is -2.43. The first-order valence-corrected chi connectivity index (χ1v) is 7.20. The van der Waals surface area contributed by atoms with E-state index in [0.717, 1.165) is 25.0 Å². The summed E-state index contributed by atoms with van der Waals surface area (Å²) in [5, 5.41) is 20.9. The van der Waals surface area contributed by atoms with Crippen molar-refractivity contribution in [2.75, 3.05) is 19.8 Å². The summed E-state index contributed by atoms with van der Waals surface area (Å²) in [6, 6.07) is 1.28. The molecule has 1 heterocycles. The van der Waals surface area contributed by atoms with Crippen LogP contribution in [-0.4, -0.2) is 42.0 Å². The molecule has 1 saturated heterocycles. The number of aliphatic hydroxyl groups excluding tert-OH is 1. The van der Waals surface area contributed by atoms with Gasteiger partial charge in [-0.1, -0.05) is 0 Å². The number of hydrogen-bond acceptors (Lipinski definition) is 4. The smallest absolute Gasteiger partial charge is 0.251 e. The van der Waals surface area contributed by atoms with Crippen molar-refractivity contribution in [1.82, 2.24) is 5.32 Å². The second kappa shape index (κ2) is 7.51. The van der Waals surface area contributed by atoms with Crippen molar-refractivity contribution >= 4 is 5.91 Å². The average molecular weight is 315 g/mol. The van der Waals surface area contributed by atoms with Crippen molar-refractivity contribution < 1.29 is 28.5 Å². The van der Waals surface area contributed by atoms with Gasteiger partial charge in [-0.15, -0.1) is 0 Å². The predicted molar refractivity (Wildman–Crippen MR) is 74.5 cm³/mol. The van der Waals surface area contributed by atoms with Gasteiger partial charge in [0, 0.05) is 31.4 Å². The molecule has 1 amide bonds. The third kappa shape index (κ3) is 3.92. The lowest BCUT2D eigenvalue weighted by molar-refractivity contribution is 0.0478. The Labute approximate surface area is 126 Å². The third-order valence-electron chi connectivity index (χ3n) is 3.87. The first kappa shape index (κ1) is 16.6. The highest BCUT2D eigenvalue weighted by atomic mass is 19.1. The van der Waals surface area contributed by atoms with Gasteiger partial charge in [0.05, 0.1) is 0 Å². The lowest BCUT2D eigenvalue weighted by atomic mass is 9.89. The molecule has 0 aromatic heterocycles. The Morgan fingerprint density at radius 1 is 1.32 bits per heavy atom. The van der Waals surface area contributed by atoms with Crippen LogP contribution in [0.5, 0.6) is 5.75 Å². The Morgan fingerprint density at radius 2 is 1.91 bits per heavy atom. The Balaban J connectivity index is 2.10. The van der Waals surface area contributed by atoms with Crippen LogP contribution in [0.25, 0.3) is 0 Å². The summed E-state index contributed by atoms with van der Waals surface area (Å²) in [6.45, 7) is 1.08. The fourth-order valence-corrected chi connectivity index (χ4v) is 2.63. The molecule has 1 aromatic carbocycles. The number of halogens is 2. The molecule has 2 rings (SSSR count). The number of aliphatic hydroxyl groups is 1. The molecule has 3 N–H and O–H groups in total. The summed E-state index contributed by atoms with van der Waals surface area (Å²) in [5.74, 6) is -3.96. The van der Waals surface area contributed by atoms with E-state index in [1.807, 2.05) is 0 Å². The molecular formula is C15H19F2NO4. The minimum atomic E-state index is -1.19. The van der Waals surface area contributed by atoms with Crippen LogP contribution in [-0.2, 0) is 4.74 Å². The number of benzene rings is 1. The fourth-order valence-electron chi connectivity index (χ4n) is 2.63. The highest BCUT2D eigenvalue weighted by Gasteiger charge is 2.26. The molecular weight excluding hydrogens is 296 g/mol. The number of carbonyl (C=O) groups is 1. The first-order chi connectivity index (χ1) is 10.5. The highest BCUT2D eigenvalue weighted by molar-refractivity contribution is 5.94. The average Bonchev–Trinajstić information content (AvgIpc) is 2.52. The molecule has 22 heavy (non-hydrogen) atoms. The molecule has 1 unspecified atom stereocenters. The van der Waals surface area contributed by atoms with Crippen LogP contribution in [0.2, 0.25) is 0 Å². The zero-order chi connectivity index (χ0) is 16.1. The number of ether oxygens (including phenoxy) is 1. The van der Waals surface area contributed by atoms with E-state index in [9.17, 15) is 13.6 Å². The van der Waals surface area contributed by atoms with Gasteiger partial charge in [-0.2, -0.15) is 0 Å². The Bertz CT molecular complexity index is 509. The molecule has 122 valence electrons. The molecule has 5 nitrogen and oxygen atoms in total. The number of phenols is 1. The van der Waals surface area contributed by atoms with Crippen LogP contribution in [0.15, 0.2) is 12.1 Å².